The average molecular weight is 591 g/mol. The smallest absolute Gasteiger partial charge is 0.407 e. The van der Waals surface area contributed by atoms with Crippen molar-refractivity contribution in [3.8, 4) is 0 Å². The van der Waals surface area contributed by atoms with Gasteiger partial charge >= 0.3 is 12.1 Å². The Kier molecular flexibility index (Phi) is 9.90. The summed E-state index contributed by atoms with van der Waals surface area (Å²) in [6.07, 6.45) is 3.95. The summed E-state index contributed by atoms with van der Waals surface area (Å²) in [6.45, 7) is 8.88. The van der Waals surface area contributed by atoms with Gasteiger partial charge in [0.2, 0.25) is 5.91 Å². The second-order valence-electron chi connectivity index (χ2n) is 13.0. The van der Waals surface area contributed by atoms with Crippen LogP contribution in [-0.4, -0.2) is 84.9 Å². The molecule has 9 nitrogen and oxygen atoms in total. The molecular formula is C34H46N4O5. The largest absolute Gasteiger partial charge is 0.444 e. The molecule has 0 spiro atoms. The van der Waals surface area contributed by atoms with E-state index in [-0.39, 0.29) is 42.7 Å². The summed E-state index contributed by atoms with van der Waals surface area (Å²) in [5.41, 5.74) is 3.34. The lowest BCUT2D eigenvalue weighted by atomic mass is 9.76. The van der Waals surface area contributed by atoms with Crippen molar-refractivity contribution in [3.63, 3.8) is 0 Å². The van der Waals surface area contributed by atoms with Crippen molar-refractivity contribution in [3.05, 3.63) is 71.3 Å². The standard InChI is InChI=1S/C34H46N4O5/c1-34(2,3)43-32(40)35-18-7-8-24-11-13-26(14-12-24)31(25-9-5-4-6-10-25)27-15-19-37(20-16-27)33(41)38-21-17-29-28(22-38)36-30(39)23-42-29/h4-6,9-14,27-29,31H,7-8,15-23H2,1-3H3,(H,35,40)(H,36,39)/t28-,29+,31?/m1/s1. The van der Waals surface area contributed by atoms with E-state index in [1.807, 2.05) is 30.6 Å². The molecule has 4 amide bonds. The number of amides is 4. The molecule has 0 aromatic heterocycles. The van der Waals surface area contributed by atoms with Gasteiger partial charge in [0.15, 0.2) is 0 Å². The first-order chi connectivity index (χ1) is 20.7. The zero-order chi connectivity index (χ0) is 30.4. The highest BCUT2D eigenvalue weighted by atomic mass is 16.6. The number of piperidine rings is 2. The van der Waals surface area contributed by atoms with E-state index in [0.29, 0.717) is 25.6 Å². The second-order valence-corrected chi connectivity index (χ2v) is 13.0. The van der Waals surface area contributed by atoms with Gasteiger partial charge in [0, 0.05) is 38.6 Å². The van der Waals surface area contributed by atoms with Gasteiger partial charge in [0.25, 0.3) is 0 Å². The van der Waals surface area contributed by atoms with E-state index in [9.17, 15) is 14.4 Å². The van der Waals surface area contributed by atoms with Gasteiger partial charge in [0.05, 0.1) is 12.1 Å². The predicted molar refractivity (Wildman–Crippen MR) is 165 cm³/mol. The van der Waals surface area contributed by atoms with Crippen LogP contribution >= 0.6 is 0 Å². The first kappa shape index (κ1) is 30.9. The van der Waals surface area contributed by atoms with Crippen molar-refractivity contribution >= 4 is 18.0 Å². The maximum Gasteiger partial charge on any atom is 0.407 e. The second kappa shape index (κ2) is 13.8. The number of fused-ring (bicyclic) bond motifs is 1. The number of carbonyl (C=O) groups excluding carboxylic acids is 3. The van der Waals surface area contributed by atoms with E-state index in [2.05, 4.69) is 65.2 Å². The number of urea groups is 1. The third-order valence-electron chi connectivity index (χ3n) is 8.68. The molecule has 9 heteroatoms. The molecule has 2 N–H and O–H groups in total. The normalized spacial score (nSPS) is 21.9. The predicted octanol–water partition coefficient (Wildman–Crippen LogP) is 4.70. The number of ether oxygens (including phenoxy) is 2. The van der Waals surface area contributed by atoms with Gasteiger partial charge in [-0.1, -0.05) is 54.6 Å². The Morgan fingerprint density at radius 1 is 0.977 bits per heavy atom. The SMILES string of the molecule is CC(C)(C)OC(=O)NCCCc1ccc(C(c2ccccc2)C2CCN(C(=O)N3CC[C@@H]4OCC(=O)N[C@@H]4C3)CC2)cc1. The summed E-state index contributed by atoms with van der Waals surface area (Å²) in [6, 6.07) is 19.5. The van der Waals surface area contributed by atoms with Crippen molar-refractivity contribution in [2.24, 2.45) is 5.92 Å². The molecule has 1 unspecified atom stereocenters. The third kappa shape index (κ3) is 8.28. The fourth-order valence-corrected chi connectivity index (χ4v) is 6.58. The van der Waals surface area contributed by atoms with Gasteiger partial charge in [-0.25, -0.2) is 9.59 Å². The molecule has 3 aliphatic heterocycles. The lowest BCUT2D eigenvalue weighted by molar-refractivity contribution is -0.139. The number of rotatable bonds is 7. The summed E-state index contributed by atoms with van der Waals surface area (Å²) < 4.78 is 11.0. The van der Waals surface area contributed by atoms with Crippen LogP contribution in [0.4, 0.5) is 9.59 Å². The van der Waals surface area contributed by atoms with Gasteiger partial charge in [-0.15, -0.1) is 0 Å². The lowest BCUT2D eigenvalue weighted by Gasteiger charge is -2.44. The number of benzene rings is 2. The number of carbonyl (C=O) groups is 3. The van der Waals surface area contributed by atoms with Gasteiger partial charge in [-0.05, 0) is 75.5 Å². The Morgan fingerprint density at radius 3 is 2.35 bits per heavy atom. The quantitative estimate of drug-likeness (QED) is 0.456. The number of nitrogens with zero attached hydrogens (tertiary/aromatic N) is 2. The summed E-state index contributed by atoms with van der Waals surface area (Å²) in [5.74, 6) is 0.574. The first-order valence-corrected chi connectivity index (χ1v) is 15.7. The molecule has 5 rings (SSSR count). The zero-order valence-corrected chi connectivity index (χ0v) is 25.7. The minimum Gasteiger partial charge on any atom is -0.444 e. The number of likely N-dealkylation sites (tertiary alicyclic amines) is 2. The Labute approximate surface area is 255 Å². The molecule has 0 aliphatic carbocycles. The fraction of sp³-hybridized carbons (Fsp3) is 0.559. The number of morpholine rings is 1. The van der Waals surface area contributed by atoms with Crippen molar-refractivity contribution in [2.45, 2.75) is 76.5 Å². The average Bonchev–Trinajstić information content (AvgIpc) is 2.99. The van der Waals surface area contributed by atoms with Crippen molar-refractivity contribution < 1.29 is 23.9 Å². The van der Waals surface area contributed by atoms with Crippen molar-refractivity contribution in [1.82, 2.24) is 20.4 Å². The van der Waals surface area contributed by atoms with E-state index >= 15 is 0 Å². The minimum absolute atomic E-state index is 0.000551. The molecule has 232 valence electrons. The Balaban J connectivity index is 1.16. The first-order valence-electron chi connectivity index (χ1n) is 15.7. The Bertz CT molecular complexity index is 1240. The van der Waals surface area contributed by atoms with Crippen LogP contribution in [0.25, 0.3) is 0 Å². The fourth-order valence-electron chi connectivity index (χ4n) is 6.58. The number of hydrogen-bond donors (Lipinski definition) is 2. The van der Waals surface area contributed by atoms with Crippen LogP contribution < -0.4 is 10.6 Å². The number of aryl methyl sites for hydroxylation is 1. The lowest BCUT2D eigenvalue weighted by Crippen LogP contribution is -2.62. The topological polar surface area (TPSA) is 100 Å². The highest BCUT2D eigenvalue weighted by molar-refractivity contribution is 5.79. The monoisotopic (exact) mass is 590 g/mol. The van der Waals surface area contributed by atoms with Crippen LogP contribution in [0, 0.1) is 5.92 Å². The number of hydrogen-bond acceptors (Lipinski definition) is 5. The summed E-state index contributed by atoms with van der Waals surface area (Å²) in [5, 5.41) is 5.83. The van der Waals surface area contributed by atoms with E-state index in [1.54, 1.807) is 0 Å². The summed E-state index contributed by atoms with van der Waals surface area (Å²) in [7, 11) is 0. The number of alkyl carbamates (subject to hydrolysis) is 1. The molecule has 2 aromatic rings. The maximum atomic E-state index is 13.4. The molecule has 0 saturated carbocycles. The van der Waals surface area contributed by atoms with Crippen LogP contribution in [-0.2, 0) is 20.7 Å². The highest BCUT2D eigenvalue weighted by Crippen LogP contribution is 2.38. The van der Waals surface area contributed by atoms with Gasteiger partial charge in [0.1, 0.15) is 12.2 Å². The molecule has 3 heterocycles. The van der Waals surface area contributed by atoms with Crippen LogP contribution in [0.15, 0.2) is 54.6 Å². The molecule has 3 fully saturated rings. The molecule has 3 saturated heterocycles. The van der Waals surface area contributed by atoms with Crippen LogP contribution in [0.5, 0.6) is 0 Å². The van der Waals surface area contributed by atoms with Crippen LogP contribution in [0.2, 0.25) is 0 Å². The van der Waals surface area contributed by atoms with Crippen molar-refractivity contribution in [1.29, 1.82) is 0 Å². The Morgan fingerprint density at radius 2 is 1.65 bits per heavy atom. The molecule has 2 aromatic carbocycles. The minimum atomic E-state index is -0.496. The van der Waals surface area contributed by atoms with Crippen molar-refractivity contribution in [2.75, 3.05) is 39.3 Å². The van der Waals surface area contributed by atoms with E-state index in [0.717, 1.165) is 45.2 Å². The Hall–Kier alpha value is -3.59. The van der Waals surface area contributed by atoms with Gasteiger partial charge in [-0.3, -0.25) is 4.79 Å². The molecular weight excluding hydrogens is 544 g/mol. The highest BCUT2D eigenvalue weighted by Gasteiger charge is 2.38. The van der Waals surface area contributed by atoms with E-state index in [4.69, 9.17) is 9.47 Å². The molecule has 3 aliphatic rings. The van der Waals surface area contributed by atoms with Gasteiger partial charge in [-0.2, -0.15) is 0 Å². The van der Waals surface area contributed by atoms with Gasteiger partial charge < -0.3 is 29.9 Å². The van der Waals surface area contributed by atoms with E-state index in [1.165, 1.54) is 16.7 Å². The van der Waals surface area contributed by atoms with E-state index < -0.39 is 5.60 Å². The maximum absolute atomic E-state index is 13.4. The molecule has 3 atom stereocenters. The molecule has 0 bridgehead atoms. The molecule has 0 radical (unpaired) electrons. The van der Waals surface area contributed by atoms with Crippen LogP contribution in [0.1, 0.15) is 69.1 Å². The summed E-state index contributed by atoms with van der Waals surface area (Å²) >= 11 is 0. The third-order valence-corrected chi connectivity index (χ3v) is 8.68. The number of nitrogens with one attached hydrogen (secondary N) is 2. The summed E-state index contributed by atoms with van der Waals surface area (Å²) in [4.78, 5) is 41.0. The zero-order valence-electron chi connectivity index (χ0n) is 25.7. The van der Waals surface area contributed by atoms with Crippen LogP contribution in [0.3, 0.4) is 0 Å². The molecule has 43 heavy (non-hydrogen) atoms.